The predicted octanol–water partition coefficient (Wildman–Crippen LogP) is 5.89. The van der Waals surface area contributed by atoms with Gasteiger partial charge in [0.15, 0.2) is 0 Å². The van der Waals surface area contributed by atoms with E-state index in [-0.39, 0.29) is 37.4 Å². The third-order valence-corrected chi connectivity index (χ3v) is 9.29. The first kappa shape index (κ1) is 31.6. The van der Waals surface area contributed by atoms with E-state index in [1.165, 1.54) is 4.31 Å². The maximum Gasteiger partial charge on any atom is 0.243 e. The molecule has 1 unspecified atom stereocenters. The Bertz CT molecular complexity index is 1440. The van der Waals surface area contributed by atoms with Gasteiger partial charge >= 0.3 is 0 Å². The van der Waals surface area contributed by atoms with Gasteiger partial charge in [0.2, 0.25) is 21.8 Å². The molecule has 0 aromatic heterocycles. The molecule has 4 rings (SSSR count). The van der Waals surface area contributed by atoms with Gasteiger partial charge in [-0.05, 0) is 67.1 Å². The summed E-state index contributed by atoms with van der Waals surface area (Å²) in [6.45, 7) is 2.41. The lowest BCUT2D eigenvalue weighted by molar-refractivity contribution is -0.141. The first-order valence-electron chi connectivity index (χ1n) is 14.5. The molecule has 0 aliphatic heterocycles. The largest absolute Gasteiger partial charge is 0.352 e. The molecule has 1 aliphatic rings. The number of nitrogens with one attached hydrogen (secondary N) is 1. The van der Waals surface area contributed by atoms with Gasteiger partial charge in [-0.2, -0.15) is 0 Å². The molecule has 0 bridgehead atoms. The molecule has 9 heteroatoms. The van der Waals surface area contributed by atoms with Gasteiger partial charge < -0.3 is 10.2 Å². The van der Waals surface area contributed by atoms with Crippen LogP contribution >= 0.6 is 11.6 Å². The Kier molecular flexibility index (Phi) is 11.0. The van der Waals surface area contributed by atoms with Crippen LogP contribution in [0.25, 0.3) is 0 Å². The number of amides is 2. The zero-order valence-corrected chi connectivity index (χ0v) is 25.9. The molecule has 3 aromatic carbocycles. The van der Waals surface area contributed by atoms with Gasteiger partial charge in [-0.1, -0.05) is 79.0 Å². The zero-order chi connectivity index (χ0) is 30.1. The molecule has 1 fully saturated rings. The summed E-state index contributed by atoms with van der Waals surface area (Å²) in [6.07, 6.45) is 5.99. The highest BCUT2D eigenvalue weighted by molar-refractivity contribution is 7.92. The zero-order valence-electron chi connectivity index (χ0n) is 24.3. The summed E-state index contributed by atoms with van der Waals surface area (Å²) in [4.78, 5) is 29.5. The SMILES string of the molecule is Cc1ccccc1CN(C(=O)CCCN(c1ccc(Cl)cc1)S(C)(=O)=O)C(Cc1ccccc1)C(=O)NC1CCCC1. The number of carbonyl (C=O) groups excluding carboxylic acids is 2. The molecule has 1 saturated carbocycles. The smallest absolute Gasteiger partial charge is 0.243 e. The molecule has 2 amide bonds. The molecular formula is C33H40ClN3O4S. The Morgan fingerprint density at radius 1 is 0.952 bits per heavy atom. The van der Waals surface area contributed by atoms with E-state index in [1.54, 1.807) is 29.2 Å². The number of sulfonamides is 1. The Morgan fingerprint density at radius 3 is 2.24 bits per heavy atom. The second-order valence-corrected chi connectivity index (χ2v) is 13.4. The number of anilines is 1. The van der Waals surface area contributed by atoms with Crippen molar-refractivity contribution in [3.05, 3.63) is 101 Å². The highest BCUT2D eigenvalue weighted by Gasteiger charge is 2.32. The number of rotatable bonds is 13. The monoisotopic (exact) mass is 609 g/mol. The molecule has 42 heavy (non-hydrogen) atoms. The molecule has 1 aliphatic carbocycles. The van der Waals surface area contributed by atoms with Crippen LogP contribution in [-0.2, 0) is 32.6 Å². The molecule has 224 valence electrons. The van der Waals surface area contributed by atoms with Gasteiger partial charge in [-0.3, -0.25) is 13.9 Å². The molecule has 1 atom stereocenters. The maximum atomic E-state index is 14.0. The highest BCUT2D eigenvalue weighted by Crippen LogP contribution is 2.23. The summed E-state index contributed by atoms with van der Waals surface area (Å²) in [5.74, 6) is -0.336. The van der Waals surface area contributed by atoms with Crippen LogP contribution in [0.2, 0.25) is 5.02 Å². The van der Waals surface area contributed by atoms with E-state index >= 15 is 0 Å². The molecule has 3 aromatic rings. The first-order valence-corrected chi connectivity index (χ1v) is 16.8. The van der Waals surface area contributed by atoms with Crippen LogP contribution in [0.15, 0.2) is 78.9 Å². The van der Waals surface area contributed by atoms with Gasteiger partial charge in [0.25, 0.3) is 0 Å². The predicted molar refractivity (Wildman–Crippen MR) is 169 cm³/mol. The van der Waals surface area contributed by atoms with E-state index in [4.69, 9.17) is 11.6 Å². The van der Waals surface area contributed by atoms with Crippen molar-refractivity contribution < 1.29 is 18.0 Å². The van der Waals surface area contributed by atoms with Crippen LogP contribution < -0.4 is 9.62 Å². The number of aryl methyl sites for hydroxylation is 1. The van der Waals surface area contributed by atoms with Crippen molar-refractivity contribution in [2.45, 2.75) is 70.5 Å². The molecule has 0 heterocycles. The van der Waals surface area contributed by atoms with Crippen molar-refractivity contribution in [3.63, 3.8) is 0 Å². The fourth-order valence-corrected chi connectivity index (χ4v) is 6.60. The average Bonchev–Trinajstić information content (AvgIpc) is 3.47. The molecule has 7 nitrogen and oxygen atoms in total. The summed E-state index contributed by atoms with van der Waals surface area (Å²) >= 11 is 6.00. The number of benzene rings is 3. The maximum absolute atomic E-state index is 14.0. The quantitative estimate of drug-likeness (QED) is 0.262. The Morgan fingerprint density at radius 2 is 1.60 bits per heavy atom. The van der Waals surface area contributed by atoms with E-state index in [0.717, 1.165) is 48.6 Å². The van der Waals surface area contributed by atoms with Crippen molar-refractivity contribution in [1.82, 2.24) is 10.2 Å². The number of halogens is 1. The Hall–Kier alpha value is -3.36. The minimum Gasteiger partial charge on any atom is -0.352 e. The molecule has 0 radical (unpaired) electrons. The van der Waals surface area contributed by atoms with Crippen molar-refractivity contribution >= 4 is 39.1 Å². The van der Waals surface area contributed by atoms with Crippen molar-refractivity contribution in [3.8, 4) is 0 Å². The summed E-state index contributed by atoms with van der Waals surface area (Å²) < 4.78 is 26.5. The summed E-state index contributed by atoms with van der Waals surface area (Å²) in [6, 6.07) is 23.6. The van der Waals surface area contributed by atoms with E-state index in [9.17, 15) is 18.0 Å². The third-order valence-electron chi connectivity index (χ3n) is 7.84. The van der Waals surface area contributed by atoms with Crippen LogP contribution in [0.5, 0.6) is 0 Å². The van der Waals surface area contributed by atoms with E-state index in [2.05, 4.69) is 5.32 Å². The number of hydrogen-bond donors (Lipinski definition) is 1. The topological polar surface area (TPSA) is 86.8 Å². The van der Waals surface area contributed by atoms with Crippen LogP contribution in [-0.4, -0.2) is 50.0 Å². The van der Waals surface area contributed by atoms with Crippen LogP contribution in [0.1, 0.15) is 55.2 Å². The second kappa shape index (κ2) is 14.7. The van der Waals surface area contributed by atoms with E-state index in [0.29, 0.717) is 23.6 Å². The number of carbonyl (C=O) groups is 2. The first-order chi connectivity index (χ1) is 20.1. The highest BCUT2D eigenvalue weighted by atomic mass is 35.5. The number of hydrogen-bond acceptors (Lipinski definition) is 4. The molecule has 0 saturated heterocycles. The minimum atomic E-state index is -3.59. The van der Waals surface area contributed by atoms with Gasteiger partial charge in [-0.25, -0.2) is 8.42 Å². The molecule has 0 spiro atoms. The summed E-state index contributed by atoms with van der Waals surface area (Å²) in [5, 5.41) is 3.73. The van der Waals surface area contributed by atoms with Crippen LogP contribution in [0.4, 0.5) is 5.69 Å². The fraction of sp³-hybridized carbons (Fsp3) is 0.394. The van der Waals surface area contributed by atoms with Gasteiger partial charge in [0.05, 0.1) is 11.9 Å². The molecule has 1 N–H and O–H groups in total. The van der Waals surface area contributed by atoms with E-state index in [1.807, 2.05) is 61.5 Å². The second-order valence-electron chi connectivity index (χ2n) is 11.1. The standard InChI is InChI=1S/C33H40ClN3O4S/c1-25-11-6-7-14-27(25)24-36(31(23-26-12-4-3-5-13-26)33(39)35-29-15-8-9-16-29)32(38)17-10-22-37(42(2,40)41)30-20-18-28(34)19-21-30/h3-7,11-14,18-21,29,31H,8-10,15-17,22-24H2,1-2H3,(H,35,39). The van der Waals surface area contributed by atoms with Crippen molar-refractivity contribution in [1.29, 1.82) is 0 Å². The molecular weight excluding hydrogens is 570 g/mol. The summed E-state index contributed by atoms with van der Waals surface area (Å²) in [7, 11) is -3.59. The fourth-order valence-electron chi connectivity index (χ4n) is 5.50. The van der Waals surface area contributed by atoms with Crippen LogP contribution in [0.3, 0.4) is 0 Å². The van der Waals surface area contributed by atoms with Gasteiger partial charge in [0, 0.05) is 37.0 Å². The third kappa shape index (κ3) is 8.82. The lowest BCUT2D eigenvalue weighted by Crippen LogP contribution is -2.52. The Labute approximate surface area is 254 Å². The van der Waals surface area contributed by atoms with Crippen LogP contribution in [0, 0.1) is 6.92 Å². The lowest BCUT2D eigenvalue weighted by atomic mass is 10.0. The lowest BCUT2D eigenvalue weighted by Gasteiger charge is -2.33. The van der Waals surface area contributed by atoms with Gasteiger partial charge in [0.1, 0.15) is 6.04 Å². The van der Waals surface area contributed by atoms with Gasteiger partial charge in [-0.15, -0.1) is 0 Å². The minimum absolute atomic E-state index is 0.0908. The summed E-state index contributed by atoms with van der Waals surface area (Å²) in [5.41, 5.74) is 3.47. The Balaban J connectivity index is 1.59. The van der Waals surface area contributed by atoms with Crippen molar-refractivity contribution in [2.75, 3.05) is 17.1 Å². The number of nitrogens with zero attached hydrogens (tertiary/aromatic N) is 2. The van der Waals surface area contributed by atoms with Crippen molar-refractivity contribution in [2.24, 2.45) is 0 Å². The van der Waals surface area contributed by atoms with E-state index < -0.39 is 16.1 Å². The average molecular weight is 610 g/mol. The normalized spacial score (nSPS) is 14.4.